The summed E-state index contributed by atoms with van der Waals surface area (Å²) in [6, 6.07) is 5.00. The van der Waals surface area contributed by atoms with Gasteiger partial charge in [0.15, 0.2) is 23.0 Å². The molecule has 1 saturated heterocycles. The highest BCUT2D eigenvalue weighted by atomic mass is 16.7. The molecule has 5 rings (SSSR count). The molecule has 366 valence electrons. The maximum atomic E-state index is 13.8. The number of aromatic hydroxyl groups is 1. The number of esters is 1. The third-order valence-corrected chi connectivity index (χ3v) is 11.1. The summed E-state index contributed by atoms with van der Waals surface area (Å²) in [6.07, 6.45) is 1.29. The van der Waals surface area contributed by atoms with E-state index in [1.165, 1.54) is 14.2 Å². The number of hydrogen-bond donors (Lipinski definition) is 6. The van der Waals surface area contributed by atoms with Gasteiger partial charge in [-0.2, -0.15) is 0 Å². The van der Waals surface area contributed by atoms with Gasteiger partial charge < -0.3 is 69.6 Å². The van der Waals surface area contributed by atoms with E-state index >= 15 is 0 Å². The average Bonchev–Trinajstić information content (AvgIpc) is 3.82. The first-order valence-electron chi connectivity index (χ1n) is 22.5. The van der Waals surface area contributed by atoms with Gasteiger partial charge in [0.1, 0.15) is 16.8 Å². The molecule has 66 heavy (non-hydrogen) atoms. The van der Waals surface area contributed by atoms with Crippen molar-refractivity contribution in [2.45, 2.75) is 142 Å². The predicted octanol–water partition coefficient (Wildman–Crippen LogP) is 7.07. The van der Waals surface area contributed by atoms with Gasteiger partial charge >= 0.3 is 30.3 Å². The monoisotopic (exact) mass is 927 g/mol. The van der Waals surface area contributed by atoms with Crippen LogP contribution in [0.3, 0.4) is 0 Å². The molecule has 0 bridgehead atoms. The second kappa shape index (κ2) is 21.5. The number of nitrogens with one attached hydrogen (secondary N) is 5. The van der Waals surface area contributed by atoms with Crippen molar-refractivity contribution in [2.24, 2.45) is 11.8 Å². The fourth-order valence-corrected chi connectivity index (χ4v) is 8.38. The second-order valence-electron chi connectivity index (χ2n) is 19.8. The average molecular weight is 928 g/mol. The standard InChI is InChI=1S/C47H69N5O14/c1-45(2,3)64-42(56)49-18-13-16-27(50-43(57)65-46(4,5)6)14-12-15-28(51-44(58)66-47(7,8)9)17-19-48-41(55)52-38-30-23-33-32(62-25-63-33)22-29(30)36(37-31(38)24-61-40(37)54)26-20-34(59-10)39(53)35(21-26)60-11/h20-23,27-28,31,36-38,53H,12-19,24-25H2,1-11H3,(H,49,56)(H,50,57)(H,51,58)(H2,48,52,55). The Labute approximate surface area is 387 Å². The first kappa shape index (κ1) is 51.0. The number of carbonyl (C=O) groups excluding carboxylic acids is 5. The lowest BCUT2D eigenvalue weighted by Gasteiger charge is -2.39. The normalized spacial score (nSPS) is 19.5. The number of amides is 5. The molecule has 0 radical (unpaired) electrons. The van der Waals surface area contributed by atoms with Gasteiger partial charge in [0.2, 0.25) is 12.5 Å². The molecular formula is C47H69N5O14. The van der Waals surface area contributed by atoms with Crippen LogP contribution in [0.5, 0.6) is 28.7 Å². The number of fused-ring (bicyclic) bond motifs is 3. The molecule has 1 fully saturated rings. The number of ether oxygens (including phenoxy) is 8. The minimum atomic E-state index is -0.751. The molecule has 2 aromatic rings. The number of phenols is 1. The van der Waals surface area contributed by atoms with Crippen LogP contribution >= 0.6 is 0 Å². The molecule has 0 aromatic heterocycles. The van der Waals surface area contributed by atoms with Crippen LogP contribution in [0.1, 0.15) is 129 Å². The van der Waals surface area contributed by atoms with Crippen molar-refractivity contribution in [3.05, 3.63) is 41.0 Å². The SMILES string of the molecule is COc1cc(C2c3cc4c(cc3C(NC(=O)NCCC(CCCC(CCCNC(=O)OC(C)(C)C)NC(=O)OC(C)(C)C)NC(=O)OC(C)(C)C)C3COC(=O)C23)OCO4)cc(OC)c1O. The Morgan fingerprint density at radius 1 is 0.682 bits per heavy atom. The van der Waals surface area contributed by atoms with Crippen LogP contribution < -0.4 is 45.5 Å². The minimum absolute atomic E-state index is 0.00393. The van der Waals surface area contributed by atoms with Crippen LogP contribution in [-0.2, 0) is 23.7 Å². The molecule has 19 heteroatoms. The molecule has 2 aliphatic heterocycles. The molecule has 6 atom stereocenters. The summed E-state index contributed by atoms with van der Waals surface area (Å²) in [7, 11) is 2.85. The fraction of sp³-hybridized carbons (Fsp3) is 0.638. The number of carbonyl (C=O) groups is 5. The molecule has 3 aliphatic rings. The maximum Gasteiger partial charge on any atom is 0.407 e. The summed E-state index contributed by atoms with van der Waals surface area (Å²) in [5, 5.41) is 25.4. The van der Waals surface area contributed by atoms with Crippen LogP contribution in [0.2, 0.25) is 0 Å². The van der Waals surface area contributed by atoms with Gasteiger partial charge in [-0.05, 0) is 142 Å². The van der Waals surface area contributed by atoms with Gasteiger partial charge in [0.05, 0.1) is 32.8 Å². The zero-order chi connectivity index (χ0) is 48.6. The molecule has 0 saturated carbocycles. The number of rotatable bonds is 17. The highest BCUT2D eigenvalue weighted by Gasteiger charge is 2.53. The van der Waals surface area contributed by atoms with Crippen molar-refractivity contribution >= 4 is 30.3 Å². The van der Waals surface area contributed by atoms with Gasteiger partial charge in [-0.1, -0.05) is 0 Å². The molecule has 2 heterocycles. The second-order valence-corrected chi connectivity index (χ2v) is 19.8. The van der Waals surface area contributed by atoms with Crippen LogP contribution in [0.4, 0.5) is 19.2 Å². The number of benzene rings is 2. The summed E-state index contributed by atoms with van der Waals surface area (Å²) >= 11 is 0. The molecule has 5 amide bonds. The lowest BCUT2D eigenvalue weighted by Crippen LogP contribution is -2.47. The Morgan fingerprint density at radius 2 is 1.20 bits per heavy atom. The first-order chi connectivity index (χ1) is 30.9. The molecule has 6 N–H and O–H groups in total. The molecule has 19 nitrogen and oxygen atoms in total. The summed E-state index contributed by atoms with van der Waals surface area (Å²) in [5.74, 6) is -1.15. The van der Waals surface area contributed by atoms with Crippen molar-refractivity contribution in [3.8, 4) is 28.7 Å². The van der Waals surface area contributed by atoms with Crippen LogP contribution in [-0.4, -0.2) is 105 Å². The number of phenolic OH excluding ortho intramolecular Hbond substituents is 1. The van der Waals surface area contributed by atoms with E-state index in [0.717, 1.165) is 0 Å². The van der Waals surface area contributed by atoms with E-state index in [2.05, 4.69) is 26.6 Å². The van der Waals surface area contributed by atoms with Gasteiger partial charge in [0, 0.05) is 37.0 Å². The Bertz CT molecular complexity index is 2030. The molecule has 6 unspecified atom stereocenters. The van der Waals surface area contributed by atoms with E-state index in [0.29, 0.717) is 73.3 Å². The number of hydrogen-bond acceptors (Lipinski definition) is 14. The van der Waals surface area contributed by atoms with Crippen molar-refractivity contribution in [1.29, 1.82) is 0 Å². The lowest BCUT2D eigenvalue weighted by molar-refractivity contribution is -0.141. The Kier molecular flexibility index (Phi) is 16.6. The number of urea groups is 1. The third kappa shape index (κ3) is 14.2. The van der Waals surface area contributed by atoms with Gasteiger partial charge in [-0.3, -0.25) is 4.79 Å². The van der Waals surface area contributed by atoms with E-state index in [-0.39, 0.29) is 43.2 Å². The van der Waals surface area contributed by atoms with E-state index in [4.69, 9.17) is 37.9 Å². The molecule has 1 aliphatic carbocycles. The molecule has 0 spiro atoms. The molecule has 2 aromatic carbocycles. The third-order valence-electron chi connectivity index (χ3n) is 11.1. The Balaban J connectivity index is 1.28. The predicted molar refractivity (Wildman–Crippen MR) is 241 cm³/mol. The van der Waals surface area contributed by atoms with E-state index < -0.39 is 76.9 Å². The summed E-state index contributed by atoms with van der Waals surface area (Å²) in [6.45, 7) is 16.5. The summed E-state index contributed by atoms with van der Waals surface area (Å²) in [4.78, 5) is 65.5. The van der Waals surface area contributed by atoms with E-state index in [1.54, 1.807) is 74.4 Å². The minimum Gasteiger partial charge on any atom is -0.502 e. The van der Waals surface area contributed by atoms with Gasteiger partial charge in [-0.15, -0.1) is 0 Å². The Morgan fingerprint density at radius 3 is 1.74 bits per heavy atom. The van der Waals surface area contributed by atoms with E-state index in [1.807, 2.05) is 12.1 Å². The highest BCUT2D eigenvalue weighted by molar-refractivity contribution is 5.80. The van der Waals surface area contributed by atoms with Gasteiger partial charge in [0.25, 0.3) is 0 Å². The topological polar surface area (TPSA) is 240 Å². The van der Waals surface area contributed by atoms with Crippen molar-refractivity contribution < 1.29 is 67.0 Å². The van der Waals surface area contributed by atoms with E-state index in [9.17, 15) is 29.1 Å². The van der Waals surface area contributed by atoms with Crippen LogP contribution in [0.15, 0.2) is 24.3 Å². The smallest absolute Gasteiger partial charge is 0.407 e. The zero-order valence-electron chi connectivity index (χ0n) is 40.1. The van der Waals surface area contributed by atoms with Crippen molar-refractivity contribution in [2.75, 3.05) is 40.7 Å². The fourth-order valence-electron chi connectivity index (χ4n) is 8.38. The maximum absolute atomic E-state index is 13.8. The lowest BCUT2D eigenvalue weighted by atomic mass is 9.65. The van der Waals surface area contributed by atoms with Crippen LogP contribution in [0.25, 0.3) is 0 Å². The number of cyclic esters (lactones) is 1. The van der Waals surface area contributed by atoms with Crippen molar-refractivity contribution in [1.82, 2.24) is 26.6 Å². The number of alkyl carbamates (subject to hydrolysis) is 3. The zero-order valence-corrected chi connectivity index (χ0v) is 40.1. The van der Waals surface area contributed by atoms with Crippen molar-refractivity contribution in [3.63, 3.8) is 0 Å². The molecular weight excluding hydrogens is 859 g/mol. The summed E-state index contributed by atoms with van der Waals surface area (Å²) < 4.78 is 44.5. The highest BCUT2D eigenvalue weighted by Crippen LogP contribution is 2.55. The largest absolute Gasteiger partial charge is 0.502 e. The first-order valence-corrected chi connectivity index (χ1v) is 22.5. The summed E-state index contributed by atoms with van der Waals surface area (Å²) in [5.41, 5.74) is -0.0710. The number of methoxy groups -OCH3 is 2. The van der Waals surface area contributed by atoms with Gasteiger partial charge in [-0.25, -0.2) is 19.2 Å². The Hall–Kier alpha value is -6.01. The van der Waals surface area contributed by atoms with Crippen LogP contribution in [0, 0.1) is 11.8 Å². The quantitative estimate of drug-likeness (QED) is 0.0529.